The van der Waals surface area contributed by atoms with E-state index in [1.165, 1.54) is 38.0 Å². The molecule has 2 fully saturated rings. The molecule has 3 aliphatic rings. The highest BCUT2D eigenvalue weighted by Crippen LogP contribution is 2.50. The maximum atomic E-state index is 14.3. The minimum Gasteiger partial charge on any atom is -0.495 e. The number of ether oxygens (including phenoxy) is 5. The highest BCUT2D eigenvalue weighted by Gasteiger charge is 2.64. The number of nitrogens with zero attached hydrogens (tertiary/aromatic N) is 3. The topological polar surface area (TPSA) is 183 Å². The van der Waals surface area contributed by atoms with Gasteiger partial charge in [0.2, 0.25) is 5.91 Å². The number of halogens is 1. The predicted octanol–water partition coefficient (Wildman–Crippen LogP) is 6.23. The summed E-state index contributed by atoms with van der Waals surface area (Å²) in [6.07, 6.45) is 1.76. The largest absolute Gasteiger partial charge is 0.495 e. The van der Waals surface area contributed by atoms with Gasteiger partial charge in [-0.25, -0.2) is 9.78 Å². The first kappa shape index (κ1) is 46.1. The Balaban J connectivity index is 0.00000336. The zero-order chi connectivity index (χ0) is 44.3. The minimum absolute atomic E-state index is 0.0415. The summed E-state index contributed by atoms with van der Waals surface area (Å²) in [6, 6.07) is 10.9. The van der Waals surface area contributed by atoms with Crippen molar-refractivity contribution in [3.05, 3.63) is 82.4 Å². The quantitative estimate of drug-likeness (QED) is 0.211. The van der Waals surface area contributed by atoms with E-state index in [0.717, 1.165) is 11.1 Å². The van der Waals surface area contributed by atoms with Crippen LogP contribution < -0.4 is 15.4 Å². The zero-order valence-electron chi connectivity index (χ0n) is 36.0. The summed E-state index contributed by atoms with van der Waals surface area (Å²) in [7, 11) is 6.02. The smallest absolute Gasteiger partial charge is 0.328 e. The van der Waals surface area contributed by atoms with E-state index in [-0.39, 0.29) is 24.3 Å². The number of carbonyl (C=O) groups excluding carboxylic acids is 4. The normalized spacial score (nSPS) is 28.8. The molecule has 0 aliphatic carbocycles. The van der Waals surface area contributed by atoms with Crippen molar-refractivity contribution < 1.29 is 48.0 Å². The number of amides is 2. The van der Waals surface area contributed by atoms with Gasteiger partial charge in [-0.3, -0.25) is 14.4 Å². The minimum atomic E-state index is -1.60. The maximum Gasteiger partial charge on any atom is 0.328 e. The van der Waals surface area contributed by atoms with Gasteiger partial charge in [0.15, 0.2) is 0 Å². The molecule has 0 radical (unpaired) electrons. The number of nitrogen functional groups attached to an aromatic ring is 1. The molecule has 4 bridgehead atoms. The van der Waals surface area contributed by atoms with Crippen LogP contribution in [0.5, 0.6) is 5.75 Å². The van der Waals surface area contributed by atoms with Gasteiger partial charge in [0.05, 0.1) is 37.3 Å². The second-order valence-electron chi connectivity index (χ2n) is 15.8. The van der Waals surface area contributed by atoms with E-state index in [1.807, 2.05) is 33.8 Å². The number of likely N-dealkylation sites (N-methyl/N-ethyl adjacent to an activating group) is 1. The van der Waals surface area contributed by atoms with Gasteiger partial charge in [-0.1, -0.05) is 56.2 Å². The van der Waals surface area contributed by atoms with Crippen molar-refractivity contribution in [2.75, 3.05) is 38.9 Å². The van der Waals surface area contributed by atoms with Crippen molar-refractivity contribution >= 4 is 57.8 Å². The second-order valence-corrected chi connectivity index (χ2v) is 16.2. The third kappa shape index (κ3) is 9.62. The lowest BCUT2D eigenvalue weighted by Gasteiger charge is -2.41. The molecule has 3 aliphatic heterocycles. The van der Waals surface area contributed by atoms with Crippen LogP contribution in [0.3, 0.4) is 0 Å². The molecule has 324 valence electrons. The second kappa shape index (κ2) is 18.7. The fourth-order valence-electron chi connectivity index (χ4n) is 7.91. The van der Waals surface area contributed by atoms with Crippen LogP contribution in [0.4, 0.5) is 11.5 Å². The fraction of sp³-hybridized carbons (Fsp3) is 0.489. The summed E-state index contributed by atoms with van der Waals surface area (Å²) in [6.45, 7) is 11.0. The number of benzene rings is 2. The van der Waals surface area contributed by atoms with Crippen LogP contribution in [0, 0.1) is 5.92 Å². The molecular formula is C45H57ClN4O10. The van der Waals surface area contributed by atoms with Crippen molar-refractivity contribution in [3.63, 3.8) is 0 Å². The summed E-state index contributed by atoms with van der Waals surface area (Å²) >= 11 is 6.80. The zero-order valence-corrected chi connectivity index (χ0v) is 36.7. The molecule has 3 N–H and O–H groups in total. The highest BCUT2D eigenvalue weighted by molar-refractivity contribution is 6.35. The molecule has 60 heavy (non-hydrogen) atoms. The Bertz CT molecular complexity index is 2180. The molecule has 1 aromatic heterocycles. The number of anilines is 2. The molecule has 0 unspecified atom stereocenters. The van der Waals surface area contributed by atoms with E-state index in [0.29, 0.717) is 40.1 Å². The predicted molar refractivity (Wildman–Crippen MR) is 229 cm³/mol. The van der Waals surface area contributed by atoms with E-state index in [4.69, 9.17) is 41.0 Å². The Morgan fingerprint density at radius 3 is 2.53 bits per heavy atom. The van der Waals surface area contributed by atoms with Crippen LogP contribution in [0.15, 0.2) is 66.3 Å². The number of aromatic nitrogens is 1. The van der Waals surface area contributed by atoms with Crippen LogP contribution >= 0.6 is 11.6 Å². The lowest BCUT2D eigenvalue weighted by atomic mass is 9.78. The van der Waals surface area contributed by atoms with Gasteiger partial charge >= 0.3 is 11.9 Å². The fourth-order valence-corrected chi connectivity index (χ4v) is 8.22. The number of fused-ring (bicyclic) bond motifs is 6. The molecule has 0 saturated carbocycles. The van der Waals surface area contributed by atoms with E-state index in [1.54, 1.807) is 68.6 Å². The van der Waals surface area contributed by atoms with Gasteiger partial charge in [-0.15, -0.1) is 0 Å². The summed E-state index contributed by atoms with van der Waals surface area (Å²) in [4.78, 5) is 61.9. The Labute approximate surface area is 356 Å². The van der Waals surface area contributed by atoms with E-state index in [2.05, 4.69) is 4.98 Å². The monoisotopic (exact) mass is 848 g/mol. The highest BCUT2D eigenvalue weighted by atomic mass is 35.5. The van der Waals surface area contributed by atoms with Crippen molar-refractivity contribution in [2.45, 2.75) is 109 Å². The Hall–Kier alpha value is -5.02. The van der Waals surface area contributed by atoms with E-state index >= 15 is 0 Å². The van der Waals surface area contributed by atoms with Crippen molar-refractivity contribution in [1.29, 1.82) is 0 Å². The number of epoxide rings is 1. The number of hydrogen-bond donors (Lipinski definition) is 2. The SMILES string of the molecule is CC.COc1cc2cc(c1Cl)N(C)C(=O)C[C@H](OC(=O)[C@H](C)N(C)C(=O)c1ccc3nc(N)ccc3c1)[C@]1(C)O[C@H]1[C@H](C)[C@@H]1C[C@@](O)(CC(=O)O1)[C@H](OC)/C=C/C=C(\C)C2. The van der Waals surface area contributed by atoms with E-state index in [9.17, 15) is 24.3 Å². The van der Waals surface area contributed by atoms with Crippen LogP contribution in [0.25, 0.3) is 10.9 Å². The molecule has 2 amide bonds. The van der Waals surface area contributed by atoms with Gasteiger partial charge in [0.25, 0.3) is 5.91 Å². The van der Waals surface area contributed by atoms with Gasteiger partial charge < -0.3 is 44.3 Å². The lowest BCUT2D eigenvalue weighted by Crippen LogP contribution is -2.53. The number of rotatable bonds is 6. The molecule has 2 aromatic carbocycles. The molecule has 6 rings (SSSR count). The number of carbonyl (C=O) groups is 4. The van der Waals surface area contributed by atoms with Crippen LogP contribution in [0.2, 0.25) is 5.02 Å². The first-order valence-electron chi connectivity index (χ1n) is 20.1. The molecule has 14 nitrogen and oxygen atoms in total. The number of nitrogens with two attached hydrogens (primary N) is 1. The third-order valence-corrected chi connectivity index (χ3v) is 12.0. The molecule has 3 aromatic rings. The summed E-state index contributed by atoms with van der Waals surface area (Å²) < 4.78 is 29.6. The van der Waals surface area contributed by atoms with Crippen molar-refractivity contribution in [2.24, 2.45) is 5.92 Å². The molecular weight excluding hydrogens is 792 g/mol. The summed E-state index contributed by atoms with van der Waals surface area (Å²) in [5, 5.41) is 12.8. The first-order chi connectivity index (χ1) is 28.4. The molecule has 8 atom stereocenters. The van der Waals surface area contributed by atoms with E-state index < -0.39 is 71.3 Å². The molecule has 2 saturated heterocycles. The average Bonchev–Trinajstić information content (AvgIpc) is 3.92. The maximum absolute atomic E-state index is 14.3. The molecule has 15 heteroatoms. The van der Waals surface area contributed by atoms with Gasteiger partial charge in [0, 0.05) is 44.5 Å². The van der Waals surface area contributed by atoms with Crippen LogP contribution in [-0.2, 0) is 39.8 Å². The molecule has 4 heterocycles. The Morgan fingerprint density at radius 1 is 1.13 bits per heavy atom. The summed E-state index contributed by atoms with van der Waals surface area (Å²) in [5.74, 6) is -2.06. The van der Waals surface area contributed by atoms with Crippen molar-refractivity contribution in [1.82, 2.24) is 9.88 Å². The average molecular weight is 849 g/mol. The number of methoxy groups -OCH3 is 2. The number of esters is 2. The van der Waals surface area contributed by atoms with Crippen LogP contribution in [0.1, 0.15) is 76.7 Å². The Morgan fingerprint density at radius 2 is 1.85 bits per heavy atom. The molecule has 0 spiro atoms. The van der Waals surface area contributed by atoms with Gasteiger partial charge in [-0.05, 0) is 75.2 Å². The van der Waals surface area contributed by atoms with Gasteiger partial charge in [-0.2, -0.15) is 0 Å². The summed E-state index contributed by atoms with van der Waals surface area (Å²) in [5.41, 5.74) is 6.04. The Kier molecular flexibility index (Phi) is 14.4. The third-order valence-electron chi connectivity index (χ3n) is 11.7. The number of pyridine rings is 1. The van der Waals surface area contributed by atoms with Gasteiger partial charge in [0.1, 0.15) is 52.1 Å². The standard InChI is InChI=1S/C43H51ClN4O10.C2H6/c1-23-10-9-11-33(55-8)43(53)21-32(56-37(50)22-43)24(2)39-42(4,58-39)34(20-36(49)48(6)30-17-26(16-23)18-31(54-7)38(30)44)57-41(52)25(3)47(5)40(51)28-12-14-29-27(19-28)13-15-35(45)46-29;1-2/h9-15,17-19,24-25,32-34,39,53H,16,20-22H2,1-8H3,(H2,45,46);1-2H3/b11-9+,23-10+;/t24-,25+,32+,33-,34+,39+,42+,43-;/m1./s1. The number of hydrogen-bond acceptors (Lipinski definition) is 12. The van der Waals surface area contributed by atoms with Crippen LogP contribution in [-0.4, -0.2) is 109 Å². The lowest BCUT2D eigenvalue weighted by molar-refractivity contribution is -0.187. The first-order valence-corrected chi connectivity index (χ1v) is 20.5. The van der Waals surface area contributed by atoms with Crippen molar-refractivity contribution in [3.8, 4) is 5.75 Å². The number of aliphatic hydroxyl groups is 1. The number of allylic oxidation sites excluding steroid dienone is 3.